The topological polar surface area (TPSA) is 96.5 Å². The van der Waals surface area contributed by atoms with E-state index in [9.17, 15) is 9.59 Å². The molecule has 2 amide bonds. The van der Waals surface area contributed by atoms with Gasteiger partial charge < -0.3 is 15.4 Å². The fraction of sp³-hybridized carbons (Fsp3) is 0.524. The third kappa shape index (κ3) is 5.99. The molecule has 1 aromatic heterocycles. The fourth-order valence-electron chi connectivity index (χ4n) is 3.72. The molecule has 0 unspecified atom stereocenters. The Morgan fingerprint density at radius 3 is 2.70 bits per heavy atom. The number of hydrogen-bond donors (Lipinski definition) is 2. The smallest absolute Gasteiger partial charge is 0.234 e. The number of amides is 2. The van der Waals surface area contributed by atoms with Gasteiger partial charge in [-0.05, 0) is 43.0 Å². The van der Waals surface area contributed by atoms with E-state index in [1.807, 2.05) is 24.3 Å². The van der Waals surface area contributed by atoms with Crippen LogP contribution >= 0.6 is 11.3 Å². The van der Waals surface area contributed by atoms with Crippen molar-refractivity contribution in [1.29, 1.82) is 0 Å². The van der Waals surface area contributed by atoms with Crippen LogP contribution in [0, 0.1) is 11.8 Å². The molecule has 30 heavy (non-hydrogen) atoms. The highest BCUT2D eigenvalue weighted by Crippen LogP contribution is 2.24. The molecule has 1 aliphatic heterocycles. The molecule has 162 valence electrons. The summed E-state index contributed by atoms with van der Waals surface area (Å²) in [6.45, 7) is 5.83. The highest BCUT2D eigenvalue weighted by Gasteiger charge is 2.28. The van der Waals surface area contributed by atoms with Crippen molar-refractivity contribution in [3.63, 3.8) is 0 Å². The molecule has 0 spiro atoms. The van der Waals surface area contributed by atoms with Crippen molar-refractivity contribution in [2.75, 3.05) is 32.1 Å². The first kappa shape index (κ1) is 22.2. The molecule has 1 aromatic carbocycles. The summed E-state index contributed by atoms with van der Waals surface area (Å²) in [5, 5.41) is 14.1. The summed E-state index contributed by atoms with van der Waals surface area (Å²) in [6, 6.07) is 7.70. The van der Waals surface area contributed by atoms with E-state index in [0.29, 0.717) is 11.7 Å². The van der Waals surface area contributed by atoms with E-state index in [2.05, 4.69) is 39.6 Å². The van der Waals surface area contributed by atoms with E-state index in [4.69, 9.17) is 4.74 Å². The second-order valence-electron chi connectivity index (χ2n) is 7.87. The number of rotatable bonds is 8. The Bertz CT molecular complexity index is 826. The molecule has 1 fully saturated rings. The van der Waals surface area contributed by atoms with Gasteiger partial charge in [-0.3, -0.25) is 14.5 Å². The molecule has 2 N–H and O–H groups in total. The van der Waals surface area contributed by atoms with Gasteiger partial charge in [0.15, 0.2) is 0 Å². The van der Waals surface area contributed by atoms with E-state index in [1.54, 1.807) is 12.6 Å². The summed E-state index contributed by atoms with van der Waals surface area (Å²) in [5.74, 6) is 0.788. The largest absolute Gasteiger partial charge is 0.497 e. The van der Waals surface area contributed by atoms with Crippen LogP contribution in [-0.4, -0.2) is 53.7 Å². The van der Waals surface area contributed by atoms with Crippen LogP contribution < -0.4 is 15.4 Å². The maximum atomic E-state index is 12.8. The molecule has 0 aliphatic carbocycles. The second-order valence-corrected chi connectivity index (χ2v) is 8.70. The molecule has 2 aromatic rings. The molecule has 9 heteroatoms. The van der Waals surface area contributed by atoms with Gasteiger partial charge in [-0.15, -0.1) is 10.2 Å². The summed E-state index contributed by atoms with van der Waals surface area (Å²) in [5.41, 5.74) is 2.63. The Balaban J connectivity index is 1.55. The SMILES string of the molecule is COc1ccc([C@H](NC(=O)CN2CCC[C@H](C(=O)Nc3nncs3)C2)C(C)C)cc1. The number of anilines is 1. The minimum absolute atomic E-state index is 0.0327. The normalized spacial score (nSPS) is 18.1. The van der Waals surface area contributed by atoms with Crippen molar-refractivity contribution in [2.24, 2.45) is 11.8 Å². The van der Waals surface area contributed by atoms with E-state index >= 15 is 0 Å². The highest BCUT2D eigenvalue weighted by molar-refractivity contribution is 7.13. The minimum atomic E-state index is -0.155. The van der Waals surface area contributed by atoms with Crippen LogP contribution in [-0.2, 0) is 9.59 Å². The van der Waals surface area contributed by atoms with E-state index in [1.165, 1.54) is 11.3 Å². The summed E-state index contributed by atoms with van der Waals surface area (Å²) in [7, 11) is 1.64. The van der Waals surface area contributed by atoms with E-state index in [-0.39, 0.29) is 36.2 Å². The maximum absolute atomic E-state index is 12.8. The number of benzene rings is 1. The van der Waals surface area contributed by atoms with Crippen LogP contribution in [0.1, 0.15) is 38.3 Å². The first-order valence-corrected chi connectivity index (χ1v) is 11.1. The minimum Gasteiger partial charge on any atom is -0.497 e. The molecular weight excluding hydrogens is 402 g/mol. The van der Waals surface area contributed by atoms with Crippen molar-refractivity contribution in [3.8, 4) is 5.75 Å². The zero-order chi connectivity index (χ0) is 21.5. The summed E-state index contributed by atoms with van der Waals surface area (Å²) >= 11 is 1.30. The van der Waals surface area contributed by atoms with Gasteiger partial charge >= 0.3 is 0 Å². The first-order chi connectivity index (χ1) is 14.5. The van der Waals surface area contributed by atoms with Crippen LogP contribution in [0.15, 0.2) is 29.8 Å². The third-order valence-corrected chi connectivity index (χ3v) is 5.90. The van der Waals surface area contributed by atoms with Gasteiger partial charge in [-0.25, -0.2) is 0 Å². The molecular formula is C21H29N5O3S. The third-order valence-electron chi connectivity index (χ3n) is 5.29. The zero-order valence-electron chi connectivity index (χ0n) is 17.6. The number of carbonyl (C=O) groups excluding carboxylic acids is 2. The van der Waals surface area contributed by atoms with Crippen LogP contribution in [0.5, 0.6) is 5.75 Å². The van der Waals surface area contributed by atoms with Gasteiger partial charge in [0, 0.05) is 6.54 Å². The summed E-state index contributed by atoms with van der Waals surface area (Å²) in [4.78, 5) is 27.3. The van der Waals surface area contributed by atoms with Crippen LogP contribution in [0.25, 0.3) is 0 Å². The number of aromatic nitrogens is 2. The van der Waals surface area contributed by atoms with Gasteiger partial charge in [-0.1, -0.05) is 37.3 Å². The predicted molar refractivity (Wildman–Crippen MR) is 116 cm³/mol. The molecule has 0 saturated carbocycles. The Hall–Kier alpha value is -2.52. The number of hydrogen-bond acceptors (Lipinski definition) is 7. The molecule has 0 bridgehead atoms. The molecule has 8 nitrogen and oxygen atoms in total. The average molecular weight is 432 g/mol. The number of nitrogens with one attached hydrogen (secondary N) is 2. The maximum Gasteiger partial charge on any atom is 0.234 e. The van der Waals surface area contributed by atoms with Crippen LogP contribution in [0.2, 0.25) is 0 Å². The number of nitrogens with zero attached hydrogens (tertiary/aromatic N) is 3. The molecule has 3 rings (SSSR count). The second kappa shape index (κ2) is 10.5. The zero-order valence-corrected chi connectivity index (χ0v) is 18.4. The molecule has 2 atom stereocenters. The Labute approximate surface area is 181 Å². The van der Waals surface area contributed by atoms with Gasteiger partial charge in [-0.2, -0.15) is 0 Å². The Kier molecular flexibility index (Phi) is 7.75. The lowest BCUT2D eigenvalue weighted by Crippen LogP contribution is -2.46. The number of likely N-dealkylation sites (tertiary alicyclic amines) is 1. The number of ether oxygens (including phenoxy) is 1. The van der Waals surface area contributed by atoms with Crippen molar-refractivity contribution in [1.82, 2.24) is 20.4 Å². The lowest BCUT2D eigenvalue weighted by molar-refractivity contribution is -0.126. The quantitative estimate of drug-likeness (QED) is 0.667. The standard InChI is InChI=1S/C21H29N5O3S/c1-14(2)19(15-6-8-17(29-3)9-7-15)23-18(27)12-26-10-4-5-16(11-26)20(28)24-21-25-22-13-30-21/h6-9,13-14,16,19H,4-5,10-12H2,1-3H3,(H,23,27)(H,24,25,28)/t16-,19+/m0/s1. The average Bonchev–Trinajstić information content (AvgIpc) is 3.25. The molecule has 2 heterocycles. The van der Waals surface area contributed by atoms with Gasteiger partial charge in [0.2, 0.25) is 16.9 Å². The van der Waals surface area contributed by atoms with Crippen molar-refractivity contribution >= 4 is 28.3 Å². The monoisotopic (exact) mass is 431 g/mol. The number of piperidine rings is 1. The van der Waals surface area contributed by atoms with E-state index < -0.39 is 0 Å². The summed E-state index contributed by atoms with van der Waals surface area (Å²) in [6.07, 6.45) is 1.69. The van der Waals surface area contributed by atoms with Gasteiger partial charge in [0.1, 0.15) is 11.3 Å². The lowest BCUT2D eigenvalue weighted by Gasteiger charge is -2.32. The van der Waals surface area contributed by atoms with Crippen molar-refractivity contribution in [2.45, 2.75) is 32.7 Å². The lowest BCUT2D eigenvalue weighted by atomic mass is 9.95. The molecule has 1 aliphatic rings. The van der Waals surface area contributed by atoms with Crippen LogP contribution in [0.3, 0.4) is 0 Å². The highest BCUT2D eigenvalue weighted by atomic mass is 32.1. The first-order valence-electron chi connectivity index (χ1n) is 10.2. The van der Waals surface area contributed by atoms with E-state index in [0.717, 1.165) is 30.7 Å². The van der Waals surface area contributed by atoms with Crippen LogP contribution in [0.4, 0.5) is 5.13 Å². The molecule has 1 saturated heterocycles. The van der Waals surface area contributed by atoms with Gasteiger partial charge in [0.05, 0.1) is 25.6 Å². The van der Waals surface area contributed by atoms with Crippen molar-refractivity contribution in [3.05, 3.63) is 35.3 Å². The Morgan fingerprint density at radius 2 is 2.07 bits per heavy atom. The van der Waals surface area contributed by atoms with Crippen molar-refractivity contribution < 1.29 is 14.3 Å². The van der Waals surface area contributed by atoms with Gasteiger partial charge in [0.25, 0.3) is 0 Å². The number of carbonyl (C=O) groups is 2. The number of methoxy groups -OCH3 is 1. The fourth-order valence-corrected chi connectivity index (χ4v) is 4.16. The summed E-state index contributed by atoms with van der Waals surface area (Å²) < 4.78 is 5.22. The Morgan fingerprint density at radius 1 is 1.30 bits per heavy atom. The molecule has 0 radical (unpaired) electrons. The predicted octanol–water partition coefficient (Wildman–Crippen LogP) is 2.71.